The van der Waals surface area contributed by atoms with E-state index in [1.165, 1.54) is 16.7 Å². The molecule has 0 heterocycles. The van der Waals surface area contributed by atoms with Crippen LogP contribution in [0.15, 0.2) is 23.2 Å². The van der Waals surface area contributed by atoms with Crippen LogP contribution in [0.25, 0.3) is 0 Å². The van der Waals surface area contributed by atoms with Crippen molar-refractivity contribution in [3.05, 3.63) is 34.9 Å². The molecule has 0 saturated heterocycles. The zero-order valence-electron chi connectivity index (χ0n) is 15.0. The molecule has 0 aliphatic heterocycles. The highest BCUT2D eigenvalue weighted by Gasteiger charge is 2.10. The molecule has 2 N–H and O–H groups in total. The second-order valence-corrected chi connectivity index (χ2v) is 5.81. The van der Waals surface area contributed by atoms with E-state index in [1.807, 2.05) is 7.05 Å². The molecule has 0 aliphatic rings. The maximum atomic E-state index is 4.31. The Bertz CT molecular complexity index is 478. The maximum absolute atomic E-state index is 4.31. The monoisotopic (exact) mass is 304 g/mol. The standard InChI is InChI=1S/C18H32N4/c1-7-22(8-2)16(5)12-20-18(19-6)21-13-17-10-9-14(3)11-15(17)4/h9-11,16H,7-8,12-13H2,1-6H3,(H2,19,20,21). The number of benzene rings is 1. The number of rotatable bonds is 7. The Labute approximate surface area is 136 Å². The second kappa shape index (κ2) is 9.46. The fraction of sp³-hybridized carbons (Fsp3) is 0.611. The van der Waals surface area contributed by atoms with E-state index in [0.29, 0.717) is 6.04 Å². The Kier molecular flexibility index (Phi) is 7.96. The molecule has 124 valence electrons. The zero-order valence-corrected chi connectivity index (χ0v) is 15.0. The summed E-state index contributed by atoms with van der Waals surface area (Å²) in [5, 5.41) is 6.81. The molecular weight excluding hydrogens is 272 g/mol. The van der Waals surface area contributed by atoms with Gasteiger partial charge >= 0.3 is 0 Å². The molecule has 1 rings (SSSR count). The lowest BCUT2D eigenvalue weighted by molar-refractivity contribution is 0.231. The molecule has 0 radical (unpaired) electrons. The van der Waals surface area contributed by atoms with Crippen LogP contribution in [0, 0.1) is 13.8 Å². The molecule has 1 unspecified atom stereocenters. The van der Waals surface area contributed by atoms with E-state index in [1.54, 1.807) is 0 Å². The first-order valence-corrected chi connectivity index (χ1v) is 8.26. The minimum atomic E-state index is 0.495. The first-order chi connectivity index (χ1) is 10.5. The lowest BCUT2D eigenvalue weighted by Gasteiger charge is -2.27. The zero-order chi connectivity index (χ0) is 16.5. The van der Waals surface area contributed by atoms with Gasteiger partial charge < -0.3 is 10.6 Å². The van der Waals surface area contributed by atoms with Gasteiger partial charge in [-0.15, -0.1) is 0 Å². The number of hydrogen-bond donors (Lipinski definition) is 2. The van der Waals surface area contributed by atoms with Crippen LogP contribution in [0.3, 0.4) is 0 Å². The van der Waals surface area contributed by atoms with Gasteiger partial charge in [0.15, 0.2) is 5.96 Å². The summed E-state index contributed by atoms with van der Waals surface area (Å²) in [7, 11) is 1.82. The summed E-state index contributed by atoms with van der Waals surface area (Å²) in [6.07, 6.45) is 0. The summed E-state index contributed by atoms with van der Waals surface area (Å²) in [5.74, 6) is 0.860. The van der Waals surface area contributed by atoms with Gasteiger partial charge in [0.25, 0.3) is 0 Å². The predicted octanol–water partition coefficient (Wildman–Crippen LogP) is 2.70. The third kappa shape index (κ3) is 5.68. The Morgan fingerprint density at radius 2 is 1.86 bits per heavy atom. The normalized spacial score (nSPS) is 13.3. The van der Waals surface area contributed by atoms with Crippen molar-refractivity contribution in [1.29, 1.82) is 0 Å². The molecule has 0 spiro atoms. The molecule has 1 aromatic rings. The van der Waals surface area contributed by atoms with Crippen LogP contribution < -0.4 is 10.6 Å². The van der Waals surface area contributed by atoms with Gasteiger partial charge in [0, 0.05) is 26.2 Å². The van der Waals surface area contributed by atoms with Crippen LogP contribution in [0.5, 0.6) is 0 Å². The summed E-state index contributed by atoms with van der Waals surface area (Å²) < 4.78 is 0. The molecule has 22 heavy (non-hydrogen) atoms. The minimum Gasteiger partial charge on any atom is -0.355 e. The topological polar surface area (TPSA) is 39.7 Å². The van der Waals surface area contributed by atoms with E-state index >= 15 is 0 Å². The fourth-order valence-electron chi connectivity index (χ4n) is 2.66. The number of likely N-dealkylation sites (N-methyl/N-ethyl adjacent to an activating group) is 1. The number of guanidine groups is 1. The molecule has 0 bridgehead atoms. The van der Waals surface area contributed by atoms with Crippen molar-refractivity contribution in [2.24, 2.45) is 4.99 Å². The van der Waals surface area contributed by atoms with Crippen LogP contribution in [-0.2, 0) is 6.54 Å². The molecule has 0 fully saturated rings. The minimum absolute atomic E-state index is 0.495. The van der Waals surface area contributed by atoms with Crippen LogP contribution in [-0.4, -0.2) is 43.6 Å². The summed E-state index contributed by atoms with van der Waals surface area (Å²) in [6.45, 7) is 14.8. The van der Waals surface area contributed by atoms with E-state index in [0.717, 1.165) is 32.1 Å². The first-order valence-electron chi connectivity index (χ1n) is 8.26. The molecule has 0 saturated carbocycles. The number of aliphatic imine (C=N–C) groups is 1. The average Bonchev–Trinajstić information content (AvgIpc) is 2.50. The molecule has 0 amide bonds. The molecule has 4 nitrogen and oxygen atoms in total. The van der Waals surface area contributed by atoms with E-state index in [2.05, 4.69) is 73.3 Å². The van der Waals surface area contributed by atoms with Gasteiger partial charge in [-0.3, -0.25) is 9.89 Å². The van der Waals surface area contributed by atoms with Gasteiger partial charge in [0.1, 0.15) is 0 Å². The van der Waals surface area contributed by atoms with E-state index < -0.39 is 0 Å². The smallest absolute Gasteiger partial charge is 0.191 e. The number of hydrogen-bond acceptors (Lipinski definition) is 2. The molecule has 1 atom stereocenters. The van der Waals surface area contributed by atoms with Gasteiger partial charge in [-0.25, -0.2) is 0 Å². The van der Waals surface area contributed by atoms with Crippen molar-refractivity contribution < 1.29 is 0 Å². The van der Waals surface area contributed by atoms with E-state index in [9.17, 15) is 0 Å². The first kappa shape index (κ1) is 18.5. The third-order valence-electron chi connectivity index (χ3n) is 4.17. The Morgan fingerprint density at radius 3 is 2.41 bits per heavy atom. The highest BCUT2D eigenvalue weighted by Crippen LogP contribution is 2.09. The third-order valence-corrected chi connectivity index (χ3v) is 4.17. The van der Waals surface area contributed by atoms with Crippen molar-refractivity contribution >= 4 is 5.96 Å². The lowest BCUT2D eigenvalue weighted by Crippen LogP contribution is -2.45. The molecular formula is C18H32N4. The van der Waals surface area contributed by atoms with Crippen molar-refractivity contribution in [2.45, 2.75) is 47.2 Å². The van der Waals surface area contributed by atoms with Gasteiger partial charge in [-0.1, -0.05) is 37.6 Å². The molecule has 4 heteroatoms. The van der Waals surface area contributed by atoms with Gasteiger partial charge in [0.2, 0.25) is 0 Å². The molecule has 1 aromatic carbocycles. The number of nitrogens with zero attached hydrogens (tertiary/aromatic N) is 2. The van der Waals surface area contributed by atoms with Crippen molar-refractivity contribution in [3.8, 4) is 0 Å². The van der Waals surface area contributed by atoms with Crippen LogP contribution in [0.4, 0.5) is 0 Å². The van der Waals surface area contributed by atoms with Crippen LogP contribution in [0.1, 0.15) is 37.5 Å². The van der Waals surface area contributed by atoms with Crippen molar-refractivity contribution in [2.75, 3.05) is 26.7 Å². The maximum Gasteiger partial charge on any atom is 0.191 e. The van der Waals surface area contributed by atoms with Gasteiger partial charge in [-0.2, -0.15) is 0 Å². The Morgan fingerprint density at radius 1 is 1.18 bits per heavy atom. The Balaban J connectivity index is 2.49. The van der Waals surface area contributed by atoms with Crippen molar-refractivity contribution in [1.82, 2.24) is 15.5 Å². The summed E-state index contributed by atoms with van der Waals surface area (Å²) in [4.78, 5) is 6.74. The fourth-order valence-corrected chi connectivity index (χ4v) is 2.66. The summed E-state index contributed by atoms with van der Waals surface area (Å²) in [6, 6.07) is 7.05. The highest BCUT2D eigenvalue weighted by molar-refractivity contribution is 5.79. The SMILES string of the molecule is CCN(CC)C(C)CNC(=NC)NCc1ccc(C)cc1C. The second-order valence-electron chi connectivity index (χ2n) is 5.81. The van der Waals surface area contributed by atoms with Gasteiger partial charge in [-0.05, 0) is 45.0 Å². The average molecular weight is 304 g/mol. The van der Waals surface area contributed by atoms with E-state index in [-0.39, 0.29) is 0 Å². The number of aryl methyl sites for hydroxylation is 2. The largest absolute Gasteiger partial charge is 0.355 e. The number of nitrogens with one attached hydrogen (secondary N) is 2. The van der Waals surface area contributed by atoms with Crippen molar-refractivity contribution in [3.63, 3.8) is 0 Å². The molecule has 0 aliphatic carbocycles. The lowest BCUT2D eigenvalue weighted by atomic mass is 10.1. The summed E-state index contributed by atoms with van der Waals surface area (Å²) in [5.41, 5.74) is 3.93. The highest BCUT2D eigenvalue weighted by atomic mass is 15.2. The van der Waals surface area contributed by atoms with Crippen LogP contribution in [0.2, 0.25) is 0 Å². The van der Waals surface area contributed by atoms with E-state index in [4.69, 9.17) is 0 Å². The summed E-state index contributed by atoms with van der Waals surface area (Å²) >= 11 is 0. The van der Waals surface area contributed by atoms with Crippen LogP contribution >= 0.6 is 0 Å². The Hall–Kier alpha value is -1.55. The van der Waals surface area contributed by atoms with Gasteiger partial charge in [0.05, 0.1) is 0 Å². The molecule has 0 aromatic heterocycles. The predicted molar refractivity (Wildman–Crippen MR) is 96.5 cm³/mol. The quantitative estimate of drug-likeness (QED) is 0.601.